The van der Waals surface area contributed by atoms with Crippen LogP contribution in [0.5, 0.6) is 0 Å². The third kappa shape index (κ3) is 6.94. The molecule has 1 heterocycles. The average molecular weight is 516 g/mol. The molecule has 0 spiro atoms. The van der Waals surface area contributed by atoms with Gasteiger partial charge in [0.1, 0.15) is 18.2 Å². The van der Waals surface area contributed by atoms with Crippen molar-refractivity contribution in [1.82, 2.24) is 14.4 Å². The standard InChI is InChI=1S/C31H31F2N3O2/c1-23(2)36(31(38)26-10-6-11-28(33)18-26)22-30(37)35(20-24-8-4-3-5-9-24)21-29-12-7-17-34(29)19-25-13-15-27(32)16-14-25/h3-18,23H,19-22H2,1-2H3. The van der Waals surface area contributed by atoms with Gasteiger partial charge < -0.3 is 14.4 Å². The second-order valence-electron chi connectivity index (χ2n) is 9.53. The number of benzene rings is 3. The molecular formula is C31H31F2N3O2. The molecule has 1 aromatic heterocycles. The number of aromatic nitrogens is 1. The average Bonchev–Trinajstić information content (AvgIpc) is 3.34. The van der Waals surface area contributed by atoms with Crippen LogP contribution < -0.4 is 0 Å². The van der Waals surface area contributed by atoms with Crippen LogP contribution in [0.4, 0.5) is 8.78 Å². The lowest BCUT2D eigenvalue weighted by Gasteiger charge is -2.30. The van der Waals surface area contributed by atoms with Crippen LogP contribution >= 0.6 is 0 Å². The van der Waals surface area contributed by atoms with Gasteiger partial charge in [0, 0.05) is 36.6 Å². The van der Waals surface area contributed by atoms with E-state index in [0.717, 1.165) is 16.8 Å². The van der Waals surface area contributed by atoms with Gasteiger partial charge in [-0.05, 0) is 67.4 Å². The molecule has 0 radical (unpaired) electrons. The van der Waals surface area contributed by atoms with Crippen LogP contribution in [0.2, 0.25) is 0 Å². The highest BCUT2D eigenvalue weighted by Crippen LogP contribution is 2.16. The quantitative estimate of drug-likeness (QED) is 0.264. The zero-order chi connectivity index (χ0) is 27.1. The van der Waals surface area contributed by atoms with E-state index in [9.17, 15) is 18.4 Å². The highest BCUT2D eigenvalue weighted by molar-refractivity contribution is 5.96. The highest BCUT2D eigenvalue weighted by Gasteiger charge is 2.25. The van der Waals surface area contributed by atoms with Crippen LogP contribution in [0, 0.1) is 11.6 Å². The Hall–Kier alpha value is -4.26. The van der Waals surface area contributed by atoms with E-state index in [2.05, 4.69) is 0 Å². The largest absolute Gasteiger partial charge is 0.345 e. The molecule has 0 bridgehead atoms. The summed E-state index contributed by atoms with van der Waals surface area (Å²) >= 11 is 0. The first kappa shape index (κ1) is 26.8. The Labute approximate surface area is 221 Å². The van der Waals surface area contributed by atoms with Gasteiger partial charge in [0.15, 0.2) is 0 Å². The maximum Gasteiger partial charge on any atom is 0.254 e. The molecule has 4 aromatic rings. The van der Waals surface area contributed by atoms with Crippen LogP contribution in [0.3, 0.4) is 0 Å². The predicted molar refractivity (Wildman–Crippen MR) is 143 cm³/mol. The van der Waals surface area contributed by atoms with E-state index in [-0.39, 0.29) is 29.9 Å². The number of hydrogen-bond acceptors (Lipinski definition) is 2. The molecule has 196 valence electrons. The first-order valence-electron chi connectivity index (χ1n) is 12.6. The molecule has 3 aromatic carbocycles. The fraction of sp³-hybridized carbons (Fsp3) is 0.226. The number of halogens is 2. The zero-order valence-corrected chi connectivity index (χ0v) is 21.6. The topological polar surface area (TPSA) is 45.6 Å². The Bertz CT molecular complexity index is 1370. The predicted octanol–water partition coefficient (Wildman–Crippen LogP) is 5.89. The molecule has 0 unspecified atom stereocenters. The number of carbonyl (C=O) groups is 2. The van der Waals surface area contributed by atoms with E-state index < -0.39 is 11.7 Å². The van der Waals surface area contributed by atoms with Crippen LogP contribution in [0.15, 0.2) is 97.2 Å². The van der Waals surface area contributed by atoms with Gasteiger partial charge in [-0.15, -0.1) is 0 Å². The molecule has 0 aliphatic heterocycles. The van der Waals surface area contributed by atoms with Crippen LogP contribution in [0.25, 0.3) is 0 Å². The van der Waals surface area contributed by atoms with E-state index in [1.807, 2.05) is 67.1 Å². The third-order valence-corrected chi connectivity index (χ3v) is 6.37. The molecular weight excluding hydrogens is 484 g/mol. The second kappa shape index (κ2) is 12.3. The molecule has 7 heteroatoms. The molecule has 0 saturated carbocycles. The summed E-state index contributed by atoms with van der Waals surface area (Å²) in [6, 6.07) is 25.1. The monoisotopic (exact) mass is 515 g/mol. The van der Waals surface area contributed by atoms with Gasteiger partial charge in [0.25, 0.3) is 5.91 Å². The Morgan fingerprint density at radius 3 is 2.21 bits per heavy atom. The summed E-state index contributed by atoms with van der Waals surface area (Å²) in [4.78, 5) is 30.1. The molecule has 0 fully saturated rings. The molecule has 0 atom stereocenters. The van der Waals surface area contributed by atoms with Crippen LogP contribution in [0.1, 0.15) is 41.0 Å². The van der Waals surface area contributed by atoms with E-state index in [0.29, 0.717) is 19.6 Å². The van der Waals surface area contributed by atoms with Crippen molar-refractivity contribution >= 4 is 11.8 Å². The smallest absolute Gasteiger partial charge is 0.254 e. The molecule has 0 N–H and O–H groups in total. The molecule has 38 heavy (non-hydrogen) atoms. The van der Waals surface area contributed by atoms with Crippen molar-refractivity contribution in [3.63, 3.8) is 0 Å². The van der Waals surface area contributed by atoms with Crippen molar-refractivity contribution in [2.24, 2.45) is 0 Å². The van der Waals surface area contributed by atoms with Crippen molar-refractivity contribution in [3.05, 3.63) is 131 Å². The summed E-state index contributed by atoms with van der Waals surface area (Å²) < 4.78 is 29.2. The van der Waals surface area contributed by atoms with Gasteiger partial charge >= 0.3 is 0 Å². The van der Waals surface area contributed by atoms with E-state index in [1.165, 1.54) is 35.2 Å². The number of nitrogens with zero attached hydrogens (tertiary/aromatic N) is 3. The SMILES string of the molecule is CC(C)N(CC(=O)N(Cc1ccccc1)Cc1cccn1Cc1ccc(F)cc1)C(=O)c1cccc(F)c1. The fourth-order valence-corrected chi connectivity index (χ4v) is 4.29. The van der Waals surface area contributed by atoms with Gasteiger partial charge in [-0.3, -0.25) is 9.59 Å². The summed E-state index contributed by atoms with van der Waals surface area (Å²) in [6.07, 6.45) is 1.93. The number of carbonyl (C=O) groups excluding carboxylic acids is 2. The van der Waals surface area contributed by atoms with Gasteiger partial charge in [-0.1, -0.05) is 48.5 Å². The lowest BCUT2D eigenvalue weighted by molar-refractivity contribution is -0.133. The van der Waals surface area contributed by atoms with Gasteiger partial charge in [-0.25, -0.2) is 8.78 Å². The minimum absolute atomic E-state index is 0.140. The van der Waals surface area contributed by atoms with Crippen molar-refractivity contribution in [1.29, 1.82) is 0 Å². The molecule has 0 aliphatic carbocycles. The minimum atomic E-state index is -0.501. The number of amides is 2. The highest BCUT2D eigenvalue weighted by atomic mass is 19.1. The number of rotatable bonds is 10. The molecule has 0 aliphatic rings. The normalized spacial score (nSPS) is 11.0. The zero-order valence-electron chi connectivity index (χ0n) is 21.6. The maximum absolute atomic E-state index is 13.8. The van der Waals surface area contributed by atoms with E-state index in [4.69, 9.17) is 0 Å². The van der Waals surface area contributed by atoms with Gasteiger partial charge in [-0.2, -0.15) is 0 Å². The first-order valence-corrected chi connectivity index (χ1v) is 12.6. The summed E-state index contributed by atoms with van der Waals surface area (Å²) in [5, 5.41) is 0. The van der Waals surface area contributed by atoms with Gasteiger partial charge in [0.05, 0.1) is 6.54 Å². The van der Waals surface area contributed by atoms with Crippen LogP contribution in [-0.2, 0) is 24.4 Å². The Morgan fingerprint density at radius 1 is 0.789 bits per heavy atom. The minimum Gasteiger partial charge on any atom is -0.345 e. The maximum atomic E-state index is 13.8. The Morgan fingerprint density at radius 2 is 1.53 bits per heavy atom. The lowest BCUT2D eigenvalue weighted by atomic mass is 10.1. The van der Waals surface area contributed by atoms with Crippen molar-refractivity contribution in [3.8, 4) is 0 Å². The van der Waals surface area contributed by atoms with Crippen molar-refractivity contribution in [2.75, 3.05) is 6.54 Å². The Balaban J connectivity index is 1.57. The summed E-state index contributed by atoms with van der Waals surface area (Å²) in [6.45, 7) is 4.74. The van der Waals surface area contributed by atoms with E-state index >= 15 is 0 Å². The molecule has 2 amide bonds. The van der Waals surface area contributed by atoms with Crippen LogP contribution in [-0.4, -0.2) is 38.8 Å². The Kier molecular flexibility index (Phi) is 8.69. The van der Waals surface area contributed by atoms with E-state index in [1.54, 1.807) is 23.1 Å². The fourth-order valence-electron chi connectivity index (χ4n) is 4.29. The van der Waals surface area contributed by atoms with Crippen molar-refractivity contribution in [2.45, 2.75) is 39.5 Å². The van der Waals surface area contributed by atoms with Gasteiger partial charge in [0.2, 0.25) is 5.91 Å². The second-order valence-corrected chi connectivity index (χ2v) is 9.53. The molecule has 5 nitrogen and oxygen atoms in total. The summed E-state index contributed by atoms with van der Waals surface area (Å²) in [5.41, 5.74) is 3.02. The summed E-state index contributed by atoms with van der Waals surface area (Å²) in [5.74, 6) is -1.41. The molecule has 4 rings (SSSR count). The third-order valence-electron chi connectivity index (χ3n) is 6.37. The summed E-state index contributed by atoms with van der Waals surface area (Å²) in [7, 11) is 0. The first-order chi connectivity index (χ1) is 18.3. The lowest BCUT2D eigenvalue weighted by Crippen LogP contribution is -2.45. The number of hydrogen-bond donors (Lipinski definition) is 0. The molecule has 0 saturated heterocycles. The van der Waals surface area contributed by atoms with Crippen molar-refractivity contribution < 1.29 is 18.4 Å².